The van der Waals surface area contributed by atoms with Gasteiger partial charge in [-0.15, -0.1) is 11.8 Å². The van der Waals surface area contributed by atoms with E-state index in [-0.39, 0.29) is 23.0 Å². The maximum Gasteiger partial charge on any atom is 0.318 e. The number of benzene rings is 1. The van der Waals surface area contributed by atoms with Crippen LogP contribution < -0.4 is 0 Å². The molecule has 0 aliphatic carbocycles. The minimum Gasteiger partial charge on any atom is -0.468 e. The third kappa shape index (κ3) is 6.01. The van der Waals surface area contributed by atoms with Gasteiger partial charge < -0.3 is 14.5 Å². The zero-order valence-electron chi connectivity index (χ0n) is 18.7. The number of esters is 1. The average Bonchev–Trinajstić information content (AvgIpc) is 2.79. The van der Waals surface area contributed by atoms with Gasteiger partial charge in [-0.1, -0.05) is 12.1 Å². The van der Waals surface area contributed by atoms with E-state index in [0.29, 0.717) is 44.3 Å². The van der Waals surface area contributed by atoms with E-state index in [4.69, 9.17) is 4.74 Å². The monoisotopic (exact) mass is 447 g/mol. The maximum atomic E-state index is 13.2. The Labute approximate surface area is 189 Å². The molecule has 170 valence electrons. The highest BCUT2D eigenvalue weighted by atomic mass is 32.2. The van der Waals surface area contributed by atoms with Crippen LogP contribution in [0.15, 0.2) is 29.2 Å². The van der Waals surface area contributed by atoms with Crippen molar-refractivity contribution < 1.29 is 19.1 Å². The Morgan fingerprint density at radius 3 is 2.48 bits per heavy atom. The molecule has 2 saturated heterocycles. The number of hydrogen-bond donors (Lipinski definition) is 0. The second kappa shape index (κ2) is 11.0. The minimum absolute atomic E-state index is 0.0317. The molecule has 31 heavy (non-hydrogen) atoms. The molecule has 0 radical (unpaired) electrons. The number of hydrogen-bond acceptors (Lipinski definition) is 6. The lowest BCUT2D eigenvalue weighted by molar-refractivity contribution is -0.139. The fourth-order valence-electron chi connectivity index (χ4n) is 4.18. The van der Waals surface area contributed by atoms with E-state index in [1.54, 1.807) is 6.92 Å². The number of carbonyl (C=O) groups excluding carboxylic acids is 3. The van der Waals surface area contributed by atoms with Crippen molar-refractivity contribution in [3.63, 3.8) is 0 Å². The standard InChI is InChI=1S/C23H33N3O4S/c1-17-8-6-7-11-26(17)21(27)16-24-12-14-25(15-13-24)22(28)19-9-4-5-10-20(19)31-18(2)23(29)30-3/h4-5,9-10,17-18H,6-8,11-16H2,1-3H3. The van der Waals surface area contributed by atoms with Gasteiger partial charge in [-0.3, -0.25) is 19.3 Å². The van der Waals surface area contributed by atoms with Crippen molar-refractivity contribution >= 4 is 29.5 Å². The number of ether oxygens (including phenoxy) is 1. The van der Waals surface area contributed by atoms with E-state index in [9.17, 15) is 14.4 Å². The number of likely N-dealkylation sites (tertiary alicyclic amines) is 1. The Kier molecular flexibility index (Phi) is 8.37. The van der Waals surface area contributed by atoms with E-state index in [1.807, 2.05) is 34.1 Å². The quantitative estimate of drug-likeness (QED) is 0.493. The topological polar surface area (TPSA) is 70.2 Å². The predicted octanol–water partition coefficient (Wildman–Crippen LogP) is 2.50. The van der Waals surface area contributed by atoms with Gasteiger partial charge in [-0.05, 0) is 45.2 Å². The van der Waals surface area contributed by atoms with Crippen molar-refractivity contribution in [2.75, 3.05) is 46.4 Å². The van der Waals surface area contributed by atoms with Gasteiger partial charge in [0, 0.05) is 43.7 Å². The zero-order chi connectivity index (χ0) is 22.4. The molecular weight excluding hydrogens is 414 g/mol. The SMILES string of the molecule is COC(=O)C(C)Sc1ccccc1C(=O)N1CCN(CC(=O)N2CCCCC2C)CC1. The van der Waals surface area contributed by atoms with E-state index in [2.05, 4.69) is 11.8 Å². The second-order valence-electron chi connectivity index (χ2n) is 8.28. The summed E-state index contributed by atoms with van der Waals surface area (Å²) < 4.78 is 4.80. The summed E-state index contributed by atoms with van der Waals surface area (Å²) in [5.74, 6) is -0.144. The zero-order valence-corrected chi connectivity index (χ0v) is 19.5. The van der Waals surface area contributed by atoms with Gasteiger partial charge in [0.15, 0.2) is 0 Å². The molecule has 0 bridgehead atoms. The second-order valence-corrected chi connectivity index (χ2v) is 9.66. The Balaban J connectivity index is 1.56. The molecule has 2 fully saturated rings. The van der Waals surface area contributed by atoms with Crippen LogP contribution >= 0.6 is 11.8 Å². The molecule has 1 aromatic carbocycles. The summed E-state index contributed by atoms with van der Waals surface area (Å²) in [6.07, 6.45) is 3.37. The van der Waals surface area contributed by atoms with Gasteiger partial charge in [-0.25, -0.2) is 0 Å². The molecule has 0 aromatic heterocycles. The number of methoxy groups -OCH3 is 1. The van der Waals surface area contributed by atoms with Gasteiger partial charge in [-0.2, -0.15) is 0 Å². The highest BCUT2D eigenvalue weighted by Gasteiger charge is 2.28. The van der Waals surface area contributed by atoms with Gasteiger partial charge in [0.2, 0.25) is 5.91 Å². The molecule has 2 unspecified atom stereocenters. The van der Waals surface area contributed by atoms with Gasteiger partial charge in [0.05, 0.1) is 19.2 Å². The number of thioether (sulfide) groups is 1. The number of nitrogens with zero attached hydrogens (tertiary/aromatic N) is 3. The summed E-state index contributed by atoms with van der Waals surface area (Å²) in [6.45, 7) is 7.74. The molecular formula is C23H33N3O4S. The summed E-state index contributed by atoms with van der Waals surface area (Å²) in [4.78, 5) is 44.4. The smallest absolute Gasteiger partial charge is 0.318 e. The average molecular weight is 448 g/mol. The predicted molar refractivity (Wildman–Crippen MR) is 121 cm³/mol. The summed E-state index contributed by atoms with van der Waals surface area (Å²) >= 11 is 1.34. The van der Waals surface area contributed by atoms with Gasteiger partial charge in [0.1, 0.15) is 5.25 Å². The molecule has 3 rings (SSSR count). The number of piperidine rings is 1. The lowest BCUT2D eigenvalue weighted by Gasteiger charge is -2.38. The first-order valence-corrected chi connectivity index (χ1v) is 11.9. The Bertz CT molecular complexity index is 795. The van der Waals surface area contributed by atoms with Gasteiger partial charge >= 0.3 is 5.97 Å². The fourth-order valence-corrected chi connectivity index (χ4v) is 5.19. The summed E-state index contributed by atoms with van der Waals surface area (Å²) in [6, 6.07) is 7.71. The van der Waals surface area contributed by atoms with Crippen LogP contribution in [0, 0.1) is 0 Å². The molecule has 2 aliphatic heterocycles. The van der Waals surface area contributed by atoms with Crippen molar-refractivity contribution in [2.24, 2.45) is 0 Å². The molecule has 1 aromatic rings. The third-order valence-corrected chi connectivity index (χ3v) is 7.25. The minimum atomic E-state index is -0.390. The van der Waals surface area contributed by atoms with Crippen LogP contribution in [0.4, 0.5) is 0 Å². The lowest BCUT2D eigenvalue weighted by Crippen LogP contribution is -2.53. The molecule has 2 heterocycles. The van der Waals surface area contributed by atoms with Crippen LogP contribution in [-0.2, 0) is 14.3 Å². The summed E-state index contributed by atoms with van der Waals surface area (Å²) in [7, 11) is 1.37. The molecule has 0 saturated carbocycles. The van der Waals surface area contributed by atoms with Crippen LogP contribution in [0.3, 0.4) is 0 Å². The first kappa shape index (κ1) is 23.6. The Hall–Kier alpha value is -2.06. The van der Waals surface area contributed by atoms with Crippen LogP contribution in [0.1, 0.15) is 43.5 Å². The Morgan fingerprint density at radius 1 is 1.10 bits per heavy atom. The van der Waals surface area contributed by atoms with Crippen molar-refractivity contribution in [3.8, 4) is 0 Å². The Morgan fingerprint density at radius 2 is 1.81 bits per heavy atom. The third-order valence-electron chi connectivity index (χ3n) is 6.10. The molecule has 2 atom stereocenters. The molecule has 7 nitrogen and oxygen atoms in total. The van der Waals surface area contributed by atoms with Crippen molar-refractivity contribution in [1.29, 1.82) is 0 Å². The number of rotatable bonds is 6. The number of carbonyl (C=O) groups is 3. The molecule has 0 N–H and O–H groups in total. The van der Waals surface area contributed by atoms with Gasteiger partial charge in [0.25, 0.3) is 5.91 Å². The molecule has 0 spiro atoms. The lowest BCUT2D eigenvalue weighted by atomic mass is 10.0. The number of piperazine rings is 1. The highest BCUT2D eigenvalue weighted by Crippen LogP contribution is 2.28. The summed E-state index contributed by atoms with van der Waals surface area (Å²) in [5.41, 5.74) is 0.606. The highest BCUT2D eigenvalue weighted by molar-refractivity contribution is 8.00. The maximum absolute atomic E-state index is 13.2. The summed E-state index contributed by atoms with van der Waals surface area (Å²) in [5, 5.41) is -0.390. The van der Waals surface area contributed by atoms with E-state index in [1.165, 1.54) is 25.3 Å². The molecule has 8 heteroatoms. The van der Waals surface area contributed by atoms with Crippen LogP contribution in [0.5, 0.6) is 0 Å². The first-order chi connectivity index (χ1) is 14.9. The fraction of sp³-hybridized carbons (Fsp3) is 0.609. The van der Waals surface area contributed by atoms with Crippen molar-refractivity contribution in [2.45, 2.75) is 49.3 Å². The first-order valence-electron chi connectivity index (χ1n) is 11.0. The van der Waals surface area contributed by atoms with Crippen molar-refractivity contribution in [1.82, 2.24) is 14.7 Å². The van der Waals surface area contributed by atoms with E-state index < -0.39 is 0 Å². The molecule has 2 amide bonds. The molecule has 2 aliphatic rings. The largest absolute Gasteiger partial charge is 0.468 e. The van der Waals surface area contributed by atoms with Crippen LogP contribution in [0.2, 0.25) is 0 Å². The normalized spacial score (nSPS) is 20.9. The van der Waals surface area contributed by atoms with Crippen LogP contribution in [-0.4, -0.2) is 90.2 Å². The number of amides is 2. The van der Waals surface area contributed by atoms with Crippen molar-refractivity contribution in [3.05, 3.63) is 29.8 Å². The van der Waals surface area contributed by atoms with E-state index >= 15 is 0 Å². The van der Waals surface area contributed by atoms with Crippen LogP contribution in [0.25, 0.3) is 0 Å². The van der Waals surface area contributed by atoms with E-state index in [0.717, 1.165) is 24.3 Å².